The zero-order chi connectivity index (χ0) is 11.7. The van der Waals surface area contributed by atoms with E-state index < -0.39 is 0 Å². The van der Waals surface area contributed by atoms with Crippen LogP contribution in [-0.4, -0.2) is 4.57 Å². The van der Waals surface area contributed by atoms with Crippen LogP contribution in [0.1, 0.15) is 11.4 Å². The average Bonchev–Trinajstić information content (AvgIpc) is 2.15. The van der Waals surface area contributed by atoms with E-state index in [1.54, 1.807) is 12.1 Å². The van der Waals surface area contributed by atoms with Gasteiger partial charge >= 0.3 is 0 Å². The first-order chi connectivity index (χ1) is 7.58. The number of pyridine rings is 1. The van der Waals surface area contributed by atoms with E-state index in [4.69, 9.17) is 0 Å². The van der Waals surface area contributed by atoms with Gasteiger partial charge in [0.05, 0.1) is 0 Å². The molecule has 0 aliphatic carbocycles. The molecule has 16 heavy (non-hydrogen) atoms. The van der Waals surface area contributed by atoms with Gasteiger partial charge in [-0.05, 0) is 32.0 Å². The minimum Gasteiger partial charge on any atom is -0.318 e. The highest BCUT2D eigenvalue weighted by Gasteiger charge is 2.03. The van der Waals surface area contributed by atoms with Crippen molar-refractivity contribution in [1.29, 1.82) is 0 Å². The summed E-state index contributed by atoms with van der Waals surface area (Å²) >= 11 is 3.45. The lowest BCUT2D eigenvalue weighted by molar-refractivity contribution is 0.921. The van der Waals surface area contributed by atoms with Gasteiger partial charge in [-0.15, -0.1) is 0 Å². The molecule has 0 fully saturated rings. The molecule has 0 aliphatic rings. The van der Waals surface area contributed by atoms with Gasteiger partial charge in [-0.25, -0.2) is 0 Å². The maximum absolute atomic E-state index is 11.3. The summed E-state index contributed by atoms with van der Waals surface area (Å²) in [4.78, 5) is 11.3. The van der Waals surface area contributed by atoms with Crippen molar-refractivity contribution in [2.45, 2.75) is 13.8 Å². The van der Waals surface area contributed by atoms with Crippen LogP contribution in [0.2, 0.25) is 0 Å². The SMILES string of the molecule is Cc1cc(=O)cc(C)n1-c1cccc(Br)c1. The number of hydrogen-bond donors (Lipinski definition) is 0. The Hall–Kier alpha value is -1.35. The van der Waals surface area contributed by atoms with Crippen molar-refractivity contribution < 1.29 is 0 Å². The standard InChI is InChI=1S/C13H12BrNO/c1-9-6-13(16)7-10(2)15(9)12-5-3-4-11(14)8-12/h3-8H,1-2H3. The van der Waals surface area contributed by atoms with Crippen LogP contribution in [0.4, 0.5) is 0 Å². The van der Waals surface area contributed by atoms with Crippen molar-refractivity contribution in [3.05, 3.63) is 62.5 Å². The third-order valence-corrected chi connectivity index (χ3v) is 2.97. The summed E-state index contributed by atoms with van der Waals surface area (Å²) in [6.45, 7) is 3.88. The number of benzene rings is 1. The monoisotopic (exact) mass is 277 g/mol. The van der Waals surface area contributed by atoms with Gasteiger partial charge in [0.15, 0.2) is 5.43 Å². The van der Waals surface area contributed by atoms with Crippen molar-refractivity contribution in [3.63, 3.8) is 0 Å². The third-order valence-electron chi connectivity index (χ3n) is 2.47. The van der Waals surface area contributed by atoms with Gasteiger partial charge < -0.3 is 4.57 Å². The molecule has 0 spiro atoms. The lowest BCUT2D eigenvalue weighted by atomic mass is 10.2. The summed E-state index contributed by atoms with van der Waals surface area (Å²) in [7, 11) is 0. The molecule has 3 heteroatoms. The highest BCUT2D eigenvalue weighted by Crippen LogP contribution is 2.17. The third kappa shape index (κ3) is 2.09. The number of aryl methyl sites for hydroxylation is 2. The molecule has 0 N–H and O–H groups in total. The number of nitrogens with zero attached hydrogens (tertiary/aromatic N) is 1. The van der Waals surface area contributed by atoms with Crippen LogP contribution < -0.4 is 5.43 Å². The lowest BCUT2D eigenvalue weighted by Gasteiger charge is -2.14. The molecule has 1 aromatic heterocycles. The molecule has 0 atom stereocenters. The van der Waals surface area contributed by atoms with Gasteiger partial charge in [0, 0.05) is 33.7 Å². The summed E-state index contributed by atoms with van der Waals surface area (Å²) < 4.78 is 3.09. The van der Waals surface area contributed by atoms with E-state index in [-0.39, 0.29) is 5.43 Å². The van der Waals surface area contributed by atoms with Crippen LogP contribution in [0.5, 0.6) is 0 Å². The lowest BCUT2D eigenvalue weighted by Crippen LogP contribution is -2.11. The summed E-state index contributed by atoms with van der Waals surface area (Å²) in [6, 6.07) is 11.3. The van der Waals surface area contributed by atoms with E-state index in [9.17, 15) is 4.79 Å². The molecule has 2 rings (SSSR count). The van der Waals surface area contributed by atoms with Crippen molar-refractivity contribution in [2.24, 2.45) is 0 Å². The van der Waals surface area contributed by atoms with Crippen LogP contribution in [0, 0.1) is 13.8 Å². The van der Waals surface area contributed by atoms with Crippen molar-refractivity contribution in [3.8, 4) is 5.69 Å². The smallest absolute Gasteiger partial charge is 0.182 e. The van der Waals surface area contributed by atoms with Crippen molar-refractivity contribution >= 4 is 15.9 Å². The van der Waals surface area contributed by atoms with E-state index in [0.717, 1.165) is 21.5 Å². The predicted molar refractivity (Wildman–Crippen MR) is 69.2 cm³/mol. The van der Waals surface area contributed by atoms with Gasteiger partial charge in [-0.3, -0.25) is 4.79 Å². The molecule has 0 saturated carbocycles. The molecule has 82 valence electrons. The number of hydrogen-bond acceptors (Lipinski definition) is 1. The minimum absolute atomic E-state index is 0.0567. The Balaban J connectivity index is 2.69. The zero-order valence-corrected chi connectivity index (χ0v) is 10.8. The maximum Gasteiger partial charge on any atom is 0.182 e. The number of rotatable bonds is 1. The molecular formula is C13H12BrNO. The molecule has 0 amide bonds. The topological polar surface area (TPSA) is 22.0 Å². The van der Waals surface area contributed by atoms with Crippen LogP contribution in [0.3, 0.4) is 0 Å². The summed E-state index contributed by atoms with van der Waals surface area (Å²) in [5.74, 6) is 0. The van der Waals surface area contributed by atoms with E-state index >= 15 is 0 Å². The van der Waals surface area contributed by atoms with E-state index in [2.05, 4.69) is 20.5 Å². The van der Waals surface area contributed by atoms with E-state index in [0.29, 0.717) is 0 Å². The highest BCUT2D eigenvalue weighted by atomic mass is 79.9. The summed E-state index contributed by atoms with van der Waals surface area (Å²) in [5.41, 5.74) is 3.01. The number of halogens is 1. The fraction of sp³-hybridized carbons (Fsp3) is 0.154. The summed E-state index contributed by atoms with van der Waals surface area (Å²) in [5, 5.41) is 0. The molecule has 1 heterocycles. The minimum atomic E-state index is 0.0567. The Morgan fingerprint density at radius 3 is 2.25 bits per heavy atom. The first-order valence-electron chi connectivity index (χ1n) is 5.04. The first-order valence-corrected chi connectivity index (χ1v) is 5.83. The molecule has 0 bridgehead atoms. The molecule has 0 unspecified atom stereocenters. The van der Waals surface area contributed by atoms with Gasteiger partial charge in [0.1, 0.15) is 0 Å². The second kappa shape index (κ2) is 4.26. The largest absolute Gasteiger partial charge is 0.318 e. The molecule has 0 radical (unpaired) electrons. The Bertz CT molecular complexity index is 560. The Labute approximate surface area is 103 Å². The Kier molecular flexibility index (Phi) is 2.97. The van der Waals surface area contributed by atoms with Crippen molar-refractivity contribution in [2.75, 3.05) is 0 Å². The van der Waals surface area contributed by atoms with Crippen LogP contribution in [-0.2, 0) is 0 Å². The number of aromatic nitrogens is 1. The first kappa shape index (κ1) is 11.1. The van der Waals surface area contributed by atoms with Crippen molar-refractivity contribution in [1.82, 2.24) is 4.57 Å². The summed E-state index contributed by atoms with van der Waals surface area (Å²) in [6.07, 6.45) is 0. The van der Waals surface area contributed by atoms with Gasteiger partial charge in [-0.2, -0.15) is 0 Å². The van der Waals surface area contributed by atoms with E-state index in [1.165, 1.54) is 0 Å². The van der Waals surface area contributed by atoms with Crippen LogP contribution in [0.15, 0.2) is 45.7 Å². The zero-order valence-electron chi connectivity index (χ0n) is 9.20. The second-order valence-electron chi connectivity index (χ2n) is 3.79. The average molecular weight is 278 g/mol. The van der Waals surface area contributed by atoms with E-state index in [1.807, 2.05) is 38.1 Å². The predicted octanol–water partition coefficient (Wildman–Crippen LogP) is 3.22. The fourth-order valence-electron chi connectivity index (χ4n) is 1.88. The van der Waals surface area contributed by atoms with Gasteiger partial charge in [0.25, 0.3) is 0 Å². The molecule has 2 aromatic rings. The van der Waals surface area contributed by atoms with Crippen LogP contribution >= 0.6 is 15.9 Å². The van der Waals surface area contributed by atoms with Gasteiger partial charge in [-0.1, -0.05) is 22.0 Å². The molecular weight excluding hydrogens is 266 g/mol. The van der Waals surface area contributed by atoms with Crippen LogP contribution in [0.25, 0.3) is 5.69 Å². The molecule has 0 aliphatic heterocycles. The quantitative estimate of drug-likeness (QED) is 0.785. The fourth-order valence-corrected chi connectivity index (χ4v) is 2.27. The Morgan fingerprint density at radius 2 is 1.69 bits per heavy atom. The molecule has 2 nitrogen and oxygen atoms in total. The maximum atomic E-state index is 11.3. The Morgan fingerprint density at radius 1 is 1.06 bits per heavy atom. The second-order valence-corrected chi connectivity index (χ2v) is 4.70. The van der Waals surface area contributed by atoms with Gasteiger partial charge in [0.2, 0.25) is 0 Å². The molecule has 0 saturated heterocycles. The molecule has 1 aromatic carbocycles. The normalized spacial score (nSPS) is 10.4. The highest BCUT2D eigenvalue weighted by molar-refractivity contribution is 9.10.